The van der Waals surface area contributed by atoms with Crippen molar-refractivity contribution in [1.29, 1.82) is 0 Å². The predicted molar refractivity (Wildman–Crippen MR) is 138 cm³/mol. The third-order valence-electron chi connectivity index (χ3n) is 6.38. The number of hydrogen-bond donors (Lipinski definition) is 2. The highest BCUT2D eigenvalue weighted by molar-refractivity contribution is 9.10. The molecule has 4 aromatic rings. The van der Waals surface area contributed by atoms with Crippen LogP contribution in [0.5, 0.6) is 0 Å². The quantitative estimate of drug-likeness (QED) is 0.373. The molecule has 5 rings (SSSR count). The first-order chi connectivity index (χ1) is 16.9. The Kier molecular flexibility index (Phi) is 6.58. The first-order valence-electron chi connectivity index (χ1n) is 11.3. The lowest BCUT2D eigenvalue weighted by Crippen LogP contribution is -2.40. The van der Waals surface area contributed by atoms with Gasteiger partial charge in [0.15, 0.2) is 5.65 Å². The molecule has 1 fully saturated rings. The summed E-state index contributed by atoms with van der Waals surface area (Å²) < 4.78 is 28.3. The zero-order valence-corrected chi connectivity index (χ0v) is 21.3. The van der Waals surface area contributed by atoms with Crippen LogP contribution in [0.1, 0.15) is 24.5 Å². The molecule has 3 aromatic heterocycles. The van der Waals surface area contributed by atoms with Gasteiger partial charge in [0.1, 0.15) is 5.82 Å². The average Bonchev–Trinajstić information content (AvgIpc) is 3.31. The van der Waals surface area contributed by atoms with Crippen molar-refractivity contribution in [2.75, 3.05) is 31.2 Å². The van der Waals surface area contributed by atoms with Crippen LogP contribution in [-0.2, 0) is 10.0 Å². The Labute approximate surface area is 211 Å². The number of aromatic nitrogens is 4. The Morgan fingerprint density at radius 1 is 1.06 bits per heavy atom. The third kappa shape index (κ3) is 4.56. The Bertz CT molecular complexity index is 1450. The van der Waals surface area contributed by atoms with Crippen LogP contribution < -0.4 is 5.73 Å². The minimum atomic E-state index is -3.44. The van der Waals surface area contributed by atoms with Gasteiger partial charge in [-0.1, -0.05) is 36.4 Å². The molecular formula is C24H25BrN6O3S. The van der Waals surface area contributed by atoms with Gasteiger partial charge in [0, 0.05) is 41.9 Å². The Morgan fingerprint density at radius 3 is 2.46 bits per heavy atom. The molecule has 0 saturated carbocycles. The second-order valence-electron chi connectivity index (χ2n) is 8.50. The summed E-state index contributed by atoms with van der Waals surface area (Å²) in [6.45, 7) is 0.375. The number of anilines is 1. The second-order valence-corrected chi connectivity index (χ2v) is 11.4. The monoisotopic (exact) mass is 556 g/mol. The van der Waals surface area contributed by atoms with Crippen molar-refractivity contribution >= 4 is 37.4 Å². The topological polar surface area (TPSA) is 127 Å². The maximum absolute atomic E-state index is 12.3. The summed E-state index contributed by atoms with van der Waals surface area (Å²) in [7, 11) is -3.44. The molecule has 0 atom stereocenters. The number of hydrogen-bond acceptors (Lipinski definition) is 7. The molecule has 0 bridgehead atoms. The number of halogens is 1. The van der Waals surface area contributed by atoms with E-state index >= 15 is 0 Å². The van der Waals surface area contributed by atoms with Crippen molar-refractivity contribution in [3.8, 4) is 22.4 Å². The molecule has 0 unspecified atom stereocenters. The molecule has 9 nitrogen and oxygen atoms in total. The van der Waals surface area contributed by atoms with E-state index in [0.29, 0.717) is 41.9 Å². The van der Waals surface area contributed by atoms with E-state index in [1.165, 1.54) is 4.31 Å². The van der Waals surface area contributed by atoms with Gasteiger partial charge in [0.2, 0.25) is 10.0 Å². The summed E-state index contributed by atoms with van der Waals surface area (Å²) in [4.78, 5) is 9.56. The number of aliphatic hydroxyl groups is 1. The molecule has 0 spiro atoms. The van der Waals surface area contributed by atoms with Gasteiger partial charge in [-0.25, -0.2) is 17.7 Å². The van der Waals surface area contributed by atoms with Crippen molar-refractivity contribution in [2.45, 2.75) is 18.8 Å². The molecule has 1 aromatic carbocycles. The molecule has 1 saturated heterocycles. The number of nitrogens with zero attached hydrogens (tertiary/aromatic N) is 5. The summed E-state index contributed by atoms with van der Waals surface area (Å²) in [5.41, 5.74) is 11.5. The smallest absolute Gasteiger partial charge is 0.216 e. The lowest BCUT2D eigenvalue weighted by molar-refractivity contribution is 0.297. The molecular weight excluding hydrogens is 532 g/mol. The normalized spacial score (nSPS) is 15.6. The first kappa shape index (κ1) is 23.9. The van der Waals surface area contributed by atoms with Crippen LogP contribution in [0.25, 0.3) is 28.0 Å². The second kappa shape index (κ2) is 9.65. The highest BCUT2D eigenvalue weighted by atomic mass is 79.9. The van der Waals surface area contributed by atoms with Crippen molar-refractivity contribution in [3.05, 3.63) is 65.0 Å². The first-order valence-corrected chi connectivity index (χ1v) is 13.7. The Balaban J connectivity index is 1.45. The number of nitrogen functional groups attached to an aromatic ring is 1. The molecule has 1 aliphatic heterocycles. The summed E-state index contributed by atoms with van der Waals surface area (Å²) in [6.07, 6.45) is 4.77. The van der Waals surface area contributed by atoms with Crippen LogP contribution in [0.2, 0.25) is 0 Å². The van der Waals surface area contributed by atoms with Crippen molar-refractivity contribution in [1.82, 2.24) is 23.9 Å². The van der Waals surface area contributed by atoms with Crippen molar-refractivity contribution in [3.63, 3.8) is 0 Å². The molecule has 182 valence electrons. The van der Waals surface area contributed by atoms with Gasteiger partial charge in [-0.2, -0.15) is 9.61 Å². The minimum absolute atomic E-state index is 0.0404. The average molecular weight is 557 g/mol. The molecule has 0 aliphatic carbocycles. The predicted octanol–water partition coefficient (Wildman–Crippen LogP) is 3.30. The summed E-state index contributed by atoms with van der Waals surface area (Å²) in [6, 6.07) is 13.9. The van der Waals surface area contributed by atoms with E-state index in [1.807, 2.05) is 48.7 Å². The van der Waals surface area contributed by atoms with E-state index in [0.717, 1.165) is 28.1 Å². The largest absolute Gasteiger partial charge is 0.395 e. The van der Waals surface area contributed by atoms with Gasteiger partial charge < -0.3 is 10.8 Å². The number of pyridine rings is 1. The zero-order valence-electron chi connectivity index (χ0n) is 18.9. The Morgan fingerprint density at radius 2 is 1.80 bits per heavy atom. The van der Waals surface area contributed by atoms with E-state index in [9.17, 15) is 8.42 Å². The lowest BCUT2D eigenvalue weighted by atomic mass is 9.94. The van der Waals surface area contributed by atoms with E-state index in [-0.39, 0.29) is 18.3 Å². The van der Waals surface area contributed by atoms with Gasteiger partial charge in [-0.3, -0.25) is 4.98 Å². The van der Waals surface area contributed by atoms with E-state index in [4.69, 9.17) is 15.8 Å². The maximum Gasteiger partial charge on any atom is 0.216 e. The van der Waals surface area contributed by atoms with E-state index in [2.05, 4.69) is 26.0 Å². The molecule has 1 aliphatic rings. The minimum Gasteiger partial charge on any atom is -0.395 e. The number of rotatable bonds is 6. The van der Waals surface area contributed by atoms with Gasteiger partial charge in [-0.05, 0) is 34.8 Å². The molecule has 3 N–H and O–H groups in total. The van der Waals surface area contributed by atoms with E-state index < -0.39 is 10.0 Å². The highest BCUT2D eigenvalue weighted by Crippen LogP contribution is 2.37. The molecule has 0 amide bonds. The number of aliphatic hydroxyl groups excluding tert-OH is 1. The van der Waals surface area contributed by atoms with Crippen molar-refractivity contribution < 1.29 is 13.5 Å². The number of fused-ring (bicyclic) bond motifs is 1. The summed E-state index contributed by atoms with van der Waals surface area (Å²) in [5, 5.41) is 13.5. The highest BCUT2D eigenvalue weighted by Gasteiger charge is 2.31. The number of sulfonamides is 1. The SMILES string of the molecule is Nc1c(Br)c(C2CCN(S(=O)(=O)CCO)CC2)nc2c(-c3ccc(-c4ccccc4)nc3)cnn12. The van der Waals surface area contributed by atoms with E-state index in [1.54, 1.807) is 10.7 Å². The zero-order chi connectivity index (χ0) is 24.6. The van der Waals surface area contributed by atoms with Gasteiger partial charge >= 0.3 is 0 Å². The fourth-order valence-corrected chi connectivity index (χ4v) is 6.31. The third-order valence-corrected chi connectivity index (χ3v) is 9.04. The summed E-state index contributed by atoms with van der Waals surface area (Å²) in [5.74, 6) is 0.230. The van der Waals surface area contributed by atoms with Gasteiger partial charge in [0.25, 0.3) is 0 Å². The molecule has 4 heterocycles. The van der Waals surface area contributed by atoms with Crippen LogP contribution in [0.3, 0.4) is 0 Å². The van der Waals surface area contributed by atoms with Crippen LogP contribution in [0.4, 0.5) is 5.82 Å². The fourth-order valence-electron chi connectivity index (χ4n) is 4.47. The lowest BCUT2D eigenvalue weighted by Gasteiger charge is -2.31. The summed E-state index contributed by atoms with van der Waals surface area (Å²) >= 11 is 3.59. The van der Waals surface area contributed by atoms with Gasteiger partial charge in [-0.15, -0.1) is 0 Å². The number of nitrogens with two attached hydrogens (primary N) is 1. The molecule has 11 heteroatoms. The van der Waals surface area contributed by atoms with Crippen LogP contribution in [0, 0.1) is 0 Å². The number of benzene rings is 1. The number of piperidine rings is 1. The van der Waals surface area contributed by atoms with Crippen molar-refractivity contribution in [2.24, 2.45) is 0 Å². The fraction of sp³-hybridized carbons (Fsp3) is 0.292. The van der Waals surface area contributed by atoms with Crippen LogP contribution in [-0.4, -0.2) is 62.9 Å². The maximum atomic E-state index is 12.3. The molecule has 0 radical (unpaired) electrons. The van der Waals surface area contributed by atoms with Crippen LogP contribution >= 0.6 is 15.9 Å². The Hall–Kier alpha value is -2.86. The van der Waals surface area contributed by atoms with Gasteiger partial charge in [0.05, 0.1) is 34.4 Å². The van der Waals surface area contributed by atoms with Crippen LogP contribution in [0.15, 0.2) is 59.3 Å². The molecule has 35 heavy (non-hydrogen) atoms. The standard InChI is InChI=1S/C24H25BrN6O3S/c25-21-22(17-8-10-30(11-9-17)35(33,34)13-12-32)29-24-19(15-28-31(24)23(21)26)18-6-7-20(27-14-18)16-4-2-1-3-5-16/h1-7,14-15,17,32H,8-13,26H2.